The van der Waals surface area contributed by atoms with Gasteiger partial charge in [-0.1, -0.05) is 13.0 Å². The van der Waals surface area contributed by atoms with Gasteiger partial charge in [0.1, 0.15) is 10.6 Å². The average molecular weight is 322 g/mol. The number of nitrogens with one attached hydrogen (secondary N) is 1. The summed E-state index contributed by atoms with van der Waals surface area (Å²) < 4.78 is 53.2. The van der Waals surface area contributed by atoms with Gasteiger partial charge in [-0.25, -0.2) is 26.7 Å². The molecule has 0 fully saturated rings. The van der Waals surface area contributed by atoms with Crippen molar-refractivity contribution in [2.45, 2.75) is 24.8 Å². The van der Waals surface area contributed by atoms with E-state index in [0.717, 1.165) is 0 Å². The van der Waals surface area contributed by atoms with Crippen LogP contribution in [-0.2, 0) is 26.6 Å². The Balaban J connectivity index is 3.00. The Morgan fingerprint density at radius 3 is 2.40 bits per heavy atom. The molecular formula is C11H18N2O5S2. The highest BCUT2D eigenvalue weighted by Crippen LogP contribution is 2.23. The van der Waals surface area contributed by atoms with Crippen molar-refractivity contribution in [2.75, 3.05) is 12.9 Å². The fourth-order valence-electron chi connectivity index (χ4n) is 1.59. The summed E-state index contributed by atoms with van der Waals surface area (Å²) in [5, 5.41) is 5.09. The zero-order chi connectivity index (χ0) is 15.4. The van der Waals surface area contributed by atoms with Crippen LogP contribution in [0.5, 0.6) is 5.75 Å². The van der Waals surface area contributed by atoms with Crippen molar-refractivity contribution in [1.82, 2.24) is 4.72 Å². The first kappa shape index (κ1) is 16.9. The average Bonchev–Trinajstić information content (AvgIpc) is 2.35. The highest BCUT2D eigenvalue weighted by Gasteiger charge is 2.16. The molecule has 0 bridgehead atoms. The van der Waals surface area contributed by atoms with E-state index >= 15 is 0 Å². The number of nitrogens with two attached hydrogens (primary N) is 1. The first-order chi connectivity index (χ1) is 9.19. The van der Waals surface area contributed by atoms with E-state index in [0.29, 0.717) is 12.0 Å². The van der Waals surface area contributed by atoms with Crippen LogP contribution >= 0.6 is 0 Å². The maximum atomic E-state index is 11.5. The van der Waals surface area contributed by atoms with Gasteiger partial charge in [0.05, 0.1) is 12.9 Å². The van der Waals surface area contributed by atoms with Gasteiger partial charge in [-0.05, 0) is 24.1 Å². The third kappa shape index (κ3) is 4.75. The quantitative estimate of drug-likeness (QED) is 0.742. The molecule has 114 valence electrons. The molecule has 1 rings (SSSR count). The normalized spacial score (nSPS) is 12.3. The maximum Gasteiger partial charge on any atom is 0.241 e. The van der Waals surface area contributed by atoms with Crippen LogP contribution in [0.1, 0.15) is 18.9 Å². The smallest absolute Gasteiger partial charge is 0.241 e. The van der Waals surface area contributed by atoms with Crippen LogP contribution in [0, 0.1) is 0 Å². The third-order valence-electron chi connectivity index (χ3n) is 2.50. The SMILES string of the molecule is CCCS(=O)(=O)NCc1ccc(OC)c(S(N)(=O)=O)c1. The second kappa shape index (κ2) is 6.53. The topological polar surface area (TPSA) is 116 Å². The van der Waals surface area contributed by atoms with Gasteiger partial charge in [-0.3, -0.25) is 0 Å². The standard InChI is InChI=1S/C11H18N2O5S2/c1-3-6-19(14,15)13-8-9-4-5-10(18-2)11(7-9)20(12,16)17/h4-5,7,13H,3,6,8H2,1-2H3,(H2,12,16,17). The lowest BCUT2D eigenvalue weighted by Crippen LogP contribution is -2.25. The summed E-state index contributed by atoms with van der Waals surface area (Å²) >= 11 is 0. The van der Waals surface area contributed by atoms with E-state index in [4.69, 9.17) is 9.88 Å². The summed E-state index contributed by atoms with van der Waals surface area (Å²) in [5.41, 5.74) is 0.481. The fraction of sp³-hybridized carbons (Fsp3) is 0.455. The second-order valence-electron chi connectivity index (χ2n) is 4.17. The van der Waals surface area contributed by atoms with Gasteiger partial charge in [-0.2, -0.15) is 0 Å². The summed E-state index contributed by atoms with van der Waals surface area (Å²) in [6.45, 7) is 1.75. The Labute approximate surface area is 119 Å². The minimum Gasteiger partial charge on any atom is -0.495 e. The highest BCUT2D eigenvalue weighted by molar-refractivity contribution is 7.89. The van der Waals surface area contributed by atoms with Crippen molar-refractivity contribution in [1.29, 1.82) is 0 Å². The molecule has 0 saturated heterocycles. The molecular weight excluding hydrogens is 304 g/mol. The third-order valence-corrected chi connectivity index (χ3v) is 4.97. The number of methoxy groups -OCH3 is 1. The molecule has 3 N–H and O–H groups in total. The summed E-state index contributed by atoms with van der Waals surface area (Å²) in [4.78, 5) is -0.174. The molecule has 0 radical (unpaired) electrons. The Bertz CT molecular complexity index is 668. The minimum atomic E-state index is -3.93. The Morgan fingerprint density at radius 1 is 1.25 bits per heavy atom. The Kier molecular flexibility index (Phi) is 5.51. The predicted molar refractivity (Wildman–Crippen MR) is 75.3 cm³/mol. The molecule has 9 heteroatoms. The molecule has 0 spiro atoms. The molecule has 0 aliphatic rings. The van der Waals surface area contributed by atoms with E-state index < -0.39 is 20.0 Å². The number of hydrogen-bond donors (Lipinski definition) is 2. The van der Waals surface area contributed by atoms with Crippen molar-refractivity contribution >= 4 is 20.0 Å². The van der Waals surface area contributed by atoms with Crippen molar-refractivity contribution in [3.05, 3.63) is 23.8 Å². The molecule has 0 aliphatic heterocycles. The largest absolute Gasteiger partial charge is 0.495 e. The lowest BCUT2D eigenvalue weighted by Gasteiger charge is -2.10. The summed E-state index contributed by atoms with van der Waals surface area (Å²) in [6, 6.07) is 4.30. The van der Waals surface area contributed by atoms with E-state index in [9.17, 15) is 16.8 Å². The molecule has 7 nitrogen and oxygen atoms in total. The van der Waals surface area contributed by atoms with Crippen molar-refractivity contribution < 1.29 is 21.6 Å². The fourth-order valence-corrected chi connectivity index (χ4v) is 3.40. The molecule has 0 aliphatic carbocycles. The van der Waals surface area contributed by atoms with Gasteiger partial charge < -0.3 is 4.74 Å². The number of rotatable bonds is 7. The van der Waals surface area contributed by atoms with Crippen LogP contribution in [0.25, 0.3) is 0 Å². The lowest BCUT2D eigenvalue weighted by atomic mass is 10.2. The van der Waals surface area contributed by atoms with E-state index in [-0.39, 0.29) is 22.9 Å². The molecule has 1 aromatic carbocycles. The van der Waals surface area contributed by atoms with Crippen LogP contribution in [0.3, 0.4) is 0 Å². The van der Waals surface area contributed by atoms with Gasteiger partial charge in [0.2, 0.25) is 20.0 Å². The van der Waals surface area contributed by atoms with Crippen molar-refractivity contribution in [2.24, 2.45) is 5.14 Å². The number of hydrogen-bond acceptors (Lipinski definition) is 5. The first-order valence-corrected chi connectivity index (χ1v) is 9.06. The molecule has 0 atom stereocenters. The summed E-state index contributed by atoms with van der Waals surface area (Å²) in [6.07, 6.45) is 0.500. The van der Waals surface area contributed by atoms with Crippen LogP contribution in [0.2, 0.25) is 0 Å². The van der Waals surface area contributed by atoms with Gasteiger partial charge >= 0.3 is 0 Å². The Morgan fingerprint density at radius 2 is 1.90 bits per heavy atom. The highest BCUT2D eigenvalue weighted by atomic mass is 32.2. The van der Waals surface area contributed by atoms with E-state index in [1.54, 1.807) is 13.0 Å². The number of sulfonamides is 2. The van der Waals surface area contributed by atoms with E-state index in [1.165, 1.54) is 19.2 Å². The lowest BCUT2D eigenvalue weighted by molar-refractivity contribution is 0.402. The van der Waals surface area contributed by atoms with Gasteiger partial charge in [0.15, 0.2) is 0 Å². The maximum absolute atomic E-state index is 11.5. The number of primary sulfonamides is 1. The van der Waals surface area contributed by atoms with Gasteiger partial charge in [-0.15, -0.1) is 0 Å². The van der Waals surface area contributed by atoms with Gasteiger partial charge in [0, 0.05) is 6.54 Å². The van der Waals surface area contributed by atoms with Crippen molar-refractivity contribution in [3.8, 4) is 5.75 Å². The van der Waals surface area contributed by atoms with Crippen LogP contribution in [0.15, 0.2) is 23.1 Å². The van der Waals surface area contributed by atoms with Crippen molar-refractivity contribution in [3.63, 3.8) is 0 Å². The predicted octanol–water partition coefficient (Wildman–Crippen LogP) is 0.172. The first-order valence-electron chi connectivity index (χ1n) is 5.86. The van der Waals surface area contributed by atoms with E-state index in [1.807, 2.05) is 0 Å². The number of ether oxygens (including phenoxy) is 1. The van der Waals surface area contributed by atoms with Crippen LogP contribution in [0.4, 0.5) is 0 Å². The zero-order valence-electron chi connectivity index (χ0n) is 11.3. The Hall–Kier alpha value is -1.16. The van der Waals surface area contributed by atoms with Crippen LogP contribution < -0.4 is 14.6 Å². The molecule has 1 aromatic rings. The molecule has 0 unspecified atom stereocenters. The molecule has 0 saturated carbocycles. The monoisotopic (exact) mass is 322 g/mol. The second-order valence-corrected chi connectivity index (χ2v) is 7.63. The molecule has 0 aromatic heterocycles. The van der Waals surface area contributed by atoms with Gasteiger partial charge in [0.25, 0.3) is 0 Å². The van der Waals surface area contributed by atoms with Crippen LogP contribution in [-0.4, -0.2) is 29.7 Å². The number of benzene rings is 1. The minimum absolute atomic E-state index is 0.00511. The zero-order valence-corrected chi connectivity index (χ0v) is 12.9. The molecule has 0 heterocycles. The summed E-state index contributed by atoms with van der Waals surface area (Å²) in [7, 11) is -5.96. The molecule has 20 heavy (non-hydrogen) atoms. The molecule has 0 amide bonds. The summed E-state index contributed by atoms with van der Waals surface area (Å²) in [5.74, 6) is 0.137. The van der Waals surface area contributed by atoms with E-state index in [2.05, 4.69) is 4.72 Å².